The van der Waals surface area contributed by atoms with Crippen LogP contribution >= 0.6 is 18.6 Å². The molecule has 2 N–H and O–H groups in total. The van der Waals surface area contributed by atoms with Crippen molar-refractivity contribution in [2.45, 2.75) is 130 Å². The van der Waals surface area contributed by atoms with E-state index in [1.807, 2.05) is 72.8 Å². The maximum absolute atomic E-state index is 10.9. The van der Waals surface area contributed by atoms with Crippen LogP contribution in [0.25, 0.3) is 0 Å². The van der Waals surface area contributed by atoms with Gasteiger partial charge in [-0.25, -0.2) is 0 Å². The predicted molar refractivity (Wildman–Crippen MR) is 260 cm³/mol. The van der Waals surface area contributed by atoms with E-state index in [2.05, 4.69) is 118 Å². The summed E-state index contributed by atoms with van der Waals surface area (Å²) in [7, 11) is 9.78. The number of allylic oxidation sites excluding steroid dienone is 2. The van der Waals surface area contributed by atoms with E-state index < -0.39 is 17.0 Å². The molecule has 0 aliphatic carbocycles. The molecule has 9 heteroatoms. The zero-order valence-corrected chi connectivity index (χ0v) is 41.8. The SMILES string of the molecule is C=CCCCOc1ccc(N=Cc2cc(C(C)(C)C)cc(C(C)(C)C)c2O)cc1.C=CCCCOc1ccc(N=Cc2cc(C(C)(C)C)cc(C(C)(C)C)c2O)cc1.[Cl][Ti][Cl]. The number of aliphatic imine (C=N–C) groups is 2. The van der Waals surface area contributed by atoms with Gasteiger partial charge in [0.15, 0.2) is 0 Å². The van der Waals surface area contributed by atoms with Gasteiger partial charge in [0.25, 0.3) is 0 Å². The molecule has 0 atom stereocenters. The molecule has 4 rings (SSSR count). The van der Waals surface area contributed by atoms with E-state index in [-0.39, 0.29) is 21.7 Å². The number of hydrogen-bond acceptors (Lipinski definition) is 6. The third kappa shape index (κ3) is 18.6. The van der Waals surface area contributed by atoms with Crippen LogP contribution < -0.4 is 9.47 Å². The Kier molecular flexibility index (Phi) is 21.6. The molecule has 4 aromatic carbocycles. The standard InChI is InChI=1S/2C26H35NO2.2ClH.Ti/c2*1-8-9-10-15-29-22-13-11-21(12-14-22)27-18-19-16-20(25(2,3)4)17-23(24(19)28)26(5,6)7;;;/h2*8,11-14,16-18,28H,1,9-10,15H2,2-7H3;2*1H;/q;;;;+2/p-2. The molecule has 0 unspecified atom stereocenters. The molecule has 0 amide bonds. The molecule has 4 aromatic rings. The van der Waals surface area contributed by atoms with Gasteiger partial charge in [-0.05, 0) is 119 Å². The molecule has 61 heavy (non-hydrogen) atoms. The quantitative estimate of drug-likeness (QED) is 0.0571. The molecule has 0 aliphatic heterocycles. The number of ether oxygens (including phenoxy) is 2. The Morgan fingerprint density at radius 3 is 1.11 bits per heavy atom. The molecule has 0 fully saturated rings. The van der Waals surface area contributed by atoms with Crippen LogP contribution in [0.2, 0.25) is 0 Å². The first kappa shape index (κ1) is 53.3. The molecule has 0 bridgehead atoms. The minimum absolute atomic E-state index is 0.0130. The third-order valence-electron chi connectivity index (χ3n) is 9.65. The summed E-state index contributed by atoms with van der Waals surface area (Å²) in [6, 6.07) is 23.7. The van der Waals surface area contributed by atoms with Gasteiger partial charge in [0.2, 0.25) is 0 Å². The van der Waals surface area contributed by atoms with Crippen molar-refractivity contribution in [2.24, 2.45) is 9.98 Å². The molecule has 0 heterocycles. The third-order valence-corrected chi connectivity index (χ3v) is 9.65. The molecule has 0 saturated heterocycles. The number of unbranched alkanes of at least 4 members (excludes halogenated alkanes) is 2. The zero-order chi connectivity index (χ0) is 46.0. The molecule has 330 valence electrons. The van der Waals surface area contributed by atoms with Gasteiger partial charge in [-0.1, -0.05) is 107 Å². The summed E-state index contributed by atoms with van der Waals surface area (Å²) in [6.45, 7) is 34.6. The van der Waals surface area contributed by atoms with Gasteiger partial charge in [-0.15, -0.1) is 13.2 Å². The summed E-state index contributed by atoms with van der Waals surface area (Å²) in [5.41, 5.74) is 7.04. The van der Waals surface area contributed by atoms with E-state index in [0.29, 0.717) is 24.7 Å². The summed E-state index contributed by atoms with van der Waals surface area (Å²) >= 11 is -0.556. The molecule has 0 aromatic heterocycles. The Labute approximate surface area is 384 Å². The minimum atomic E-state index is -0.556. The average Bonchev–Trinajstić information content (AvgIpc) is 3.17. The topological polar surface area (TPSA) is 83.6 Å². The van der Waals surface area contributed by atoms with Crippen molar-refractivity contribution >= 4 is 42.4 Å². The van der Waals surface area contributed by atoms with Crippen LogP contribution in [0, 0.1) is 0 Å². The van der Waals surface area contributed by atoms with E-state index >= 15 is 0 Å². The first-order valence-electron chi connectivity index (χ1n) is 20.9. The first-order valence-corrected chi connectivity index (χ1v) is 25.2. The summed E-state index contributed by atoms with van der Waals surface area (Å²) in [5, 5.41) is 21.7. The van der Waals surface area contributed by atoms with Crippen LogP contribution in [0.1, 0.15) is 142 Å². The van der Waals surface area contributed by atoms with Crippen LogP contribution in [-0.4, -0.2) is 35.9 Å². The van der Waals surface area contributed by atoms with Gasteiger partial charge in [-0.3, -0.25) is 9.98 Å². The van der Waals surface area contributed by atoms with Gasteiger partial charge in [0.05, 0.1) is 24.6 Å². The van der Waals surface area contributed by atoms with Crippen molar-refractivity contribution in [3.05, 3.63) is 131 Å². The molecule has 0 aliphatic rings. The first-order chi connectivity index (χ1) is 28.5. The van der Waals surface area contributed by atoms with Crippen molar-refractivity contribution in [1.82, 2.24) is 0 Å². The van der Waals surface area contributed by atoms with E-state index in [1.54, 1.807) is 12.4 Å². The summed E-state index contributed by atoms with van der Waals surface area (Å²) in [4.78, 5) is 9.16. The number of phenolic OH excluding ortho intramolecular Hbond substituents is 2. The number of rotatable bonds is 14. The number of benzene rings is 4. The van der Waals surface area contributed by atoms with Crippen molar-refractivity contribution < 1.29 is 36.7 Å². The second-order valence-electron chi connectivity index (χ2n) is 19.1. The average molecular weight is 906 g/mol. The number of halogens is 2. The Morgan fingerprint density at radius 1 is 0.541 bits per heavy atom. The summed E-state index contributed by atoms with van der Waals surface area (Å²) < 4.78 is 11.4. The number of phenols is 2. The van der Waals surface area contributed by atoms with Gasteiger partial charge in [0, 0.05) is 34.7 Å². The van der Waals surface area contributed by atoms with E-state index in [0.717, 1.165) is 70.8 Å². The van der Waals surface area contributed by atoms with E-state index in [1.165, 1.54) is 11.1 Å². The monoisotopic (exact) mass is 904 g/mol. The molecule has 0 radical (unpaired) electrons. The summed E-state index contributed by atoms with van der Waals surface area (Å²) in [5.74, 6) is 2.27. The molecular formula is C52H70Cl2N2O4Ti. The number of hydrogen-bond donors (Lipinski definition) is 2. The molecule has 0 spiro atoms. The second kappa shape index (κ2) is 24.7. The van der Waals surface area contributed by atoms with Crippen molar-refractivity contribution in [3.8, 4) is 23.0 Å². The molecular weight excluding hydrogens is 835 g/mol. The van der Waals surface area contributed by atoms with Crippen molar-refractivity contribution in [3.63, 3.8) is 0 Å². The zero-order valence-electron chi connectivity index (χ0n) is 38.8. The van der Waals surface area contributed by atoms with Crippen LogP contribution in [0.15, 0.2) is 108 Å². The van der Waals surface area contributed by atoms with Gasteiger partial charge in [-0.2, -0.15) is 0 Å². The predicted octanol–water partition coefficient (Wildman–Crippen LogP) is 15.5. The van der Waals surface area contributed by atoms with Crippen molar-refractivity contribution in [2.75, 3.05) is 13.2 Å². The summed E-state index contributed by atoms with van der Waals surface area (Å²) in [6.07, 6.45) is 11.1. The van der Waals surface area contributed by atoms with Crippen LogP contribution in [0.4, 0.5) is 11.4 Å². The second-order valence-corrected chi connectivity index (χ2v) is 21.6. The maximum atomic E-state index is 10.9. The van der Waals surface area contributed by atoms with E-state index in [9.17, 15) is 10.2 Å². The van der Waals surface area contributed by atoms with Gasteiger partial charge in [0.1, 0.15) is 23.0 Å². The Bertz CT molecular complexity index is 1880. The number of aromatic hydroxyl groups is 2. The Balaban J connectivity index is 0.000000395. The van der Waals surface area contributed by atoms with Crippen LogP contribution in [0.5, 0.6) is 23.0 Å². The van der Waals surface area contributed by atoms with Gasteiger partial charge >= 0.3 is 35.6 Å². The van der Waals surface area contributed by atoms with Crippen molar-refractivity contribution in [1.29, 1.82) is 0 Å². The fourth-order valence-corrected chi connectivity index (χ4v) is 5.90. The van der Waals surface area contributed by atoms with Crippen LogP contribution in [-0.2, 0) is 38.7 Å². The van der Waals surface area contributed by atoms with Gasteiger partial charge < -0.3 is 19.7 Å². The van der Waals surface area contributed by atoms with E-state index in [4.69, 9.17) is 28.1 Å². The normalized spacial score (nSPS) is 12.0. The fourth-order valence-electron chi connectivity index (χ4n) is 5.90. The fraction of sp³-hybridized carbons (Fsp3) is 0.423. The van der Waals surface area contributed by atoms with Crippen LogP contribution in [0.3, 0.4) is 0 Å². The molecule has 6 nitrogen and oxygen atoms in total. The molecule has 0 saturated carbocycles. The number of nitrogens with zero attached hydrogens (tertiary/aromatic N) is 2. The Hall–Kier alpha value is -3.81. The Morgan fingerprint density at radius 2 is 0.852 bits per heavy atom.